The van der Waals surface area contributed by atoms with E-state index in [1.807, 2.05) is 25.1 Å². The quantitative estimate of drug-likeness (QED) is 0.538. The number of amides is 4. The molecule has 4 bridgehead atoms. The van der Waals surface area contributed by atoms with Gasteiger partial charge < -0.3 is 4.74 Å². The number of allylic oxidation sites excluding steroid dienone is 2. The molecule has 4 fully saturated rings. The third-order valence-corrected chi connectivity index (χ3v) is 8.41. The lowest BCUT2D eigenvalue weighted by Crippen LogP contribution is -2.51. The zero-order chi connectivity index (χ0) is 21.9. The van der Waals surface area contributed by atoms with Gasteiger partial charge in [-0.25, -0.2) is 4.90 Å². The van der Waals surface area contributed by atoms with Crippen molar-refractivity contribution in [3.05, 3.63) is 54.1 Å². The predicted molar refractivity (Wildman–Crippen MR) is 112 cm³/mol. The summed E-state index contributed by atoms with van der Waals surface area (Å²) in [5, 5.41) is 0. The first-order valence-corrected chi connectivity index (χ1v) is 11.2. The van der Waals surface area contributed by atoms with E-state index in [4.69, 9.17) is 4.74 Å². The Labute approximate surface area is 184 Å². The molecule has 162 valence electrons. The Morgan fingerprint density at radius 1 is 0.875 bits per heavy atom. The number of rotatable bonds is 3. The van der Waals surface area contributed by atoms with Crippen LogP contribution in [-0.4, -0.2) is 46.8 Å². The SMILES string of the molecule is Cc1ccc(N2C(=O)[C@@H]3[C@H]4C=C[C@@](CN5C(=O)[C@@H]6[C@H](C5=O)[C@H]5C=C[C@H]6C5)(O4)[C@H]3C2=O)cc1. The van der Waals surface area contributed by atoms with Gasteiger partial charge in [0.25, 0.3) is 0 Å². The van der Waals surface area contributed by atoms with Crippen LogP contribution in [0.3, 0.4) is 0 Å². The largest absolute Gasteiger partial charge is 0.360 e. The van der Waals surface area contributed by atoms with E-state index < -0.39 is 23.5 Å². The fraction of sp³-hybridized carbons (Fsp3) is 0.440. The lowest BCUT2D eigenvalue weighted by molar-refractivity contribution is -0.146. The molecule has 0 spiro atoms. The number of hydrogen-bond donors (Lipinski definition) is 0. The summed E-state index contributed by atoms with van der Waals surface area (Å²) in [7, 11) is 0. The molecule has 0 N–H and O–H groups in total. The summed E-state index contributed by atoms with van der Waals surface area (Å²) in [6.45, 7) is 1.94. The van der Waals surface area contributed by atoms with E-state index >= 15 is 0 Å². The van der Waals surface area contributed by atoms with Crippen LogP contribution in [0.25, 0.3) is 0 Å². The van der Waals surface area contributed by atoms with Crippen molar-refractivity contribution >= 4 is 29.3 Å². The molecule has 32 heavy (non-hydrogen) atoms. The van der Waals surface area contributed by atoms with Crippen molar-refractivity contribution < 1.29 is 23.9 Å². The molecule has 4 amide bonds. The Morgan fingerprint density at radius 2 is 1.53 bits per heavy atom. The van der Waals surface area contributed by atoms with Gasteiger partial charge in [0.1, 0.15) is 5.60 Å². The highest BCUT2D eigenvalue weighted by Crippen LogP contribution is 2.56. The van der Waals surface area contributed by atoms with Gasteiger partial charge in [0.2, 0.25) is 23.6 Å². The molecule has 7 rings (SSSR count). The van der Waals surface area contributed by atoms with Crippen LogP contribution in [0, 0.1) is 42.4 Å². The molecule has 7 nitrogen and oxygen atoms in total. The molecular weight excluding hydrogens is 408 g/mol. The number of carbonyl (C=O) groups excluding carboxylic acids is 4. The van der Waals surface area contributed by atoms with Crippen LogP contribution in [0.15, 0.2) is 48.6 Å². The number of nitrogens with zero attached hydrogens (tertiary/aromatic N) is 2. The highest BCUT2D eigenvalue weighted by Gasteiger charge is 2.70. The van der Waals surface area contributed by atoms with Gasteiger partial charge in [-0.05, 0) is 37.3 Å². The van der Waals surface area contributed by atoms with Gasteiger partial charge in [-0.15, -0.1) is 0 Å². The molecule has 8 atom stereocenters. The summed E-state index contributed by atoms with van der Waals surface area (Å²) in [5.41, 5.74) is 0.438. The maximum absolute atomic E-state index is 13.5. The molecule has 4 heterocycles. The van der Waals surface area contributed by atoms with Crippen molar-refractivity contribution in [3.8, 4) is 0 Å². The standard InChI is InChI=1S/C25H22N2O5/c1-12-2-6-15(7-3-12)27-23(30)19-16-8-9-25(32-16,20(19)24(27)31)11-26-21(28)17-13-4-5-14(10-13)18(17)22(26)29/h2-9,13-14,16-20H,10-11H2,1H3/t13-,14-,16+,17-,18+,19+,20+,25-/m0/s1. The number of carbonyl (C=O) groups is 4. The first-order valence-electron chi connectivity index (χ1n) is 11.2. The second-order valence-corrected chi connectivity index (χ2v) is 10.0. The number of benzene rings is 1. The average Bonchev–Trinajstić information content (AvgIpc) is 3.60. The number of likely N-dealkylation sites (tertiary alicyclic amines) is 1. The van der Waals surface area contributed by atoms with Crippen molar-refractivity contribution in [1.82, 2.24) is 4.90 Å². The van der Waals surface area contributed by atoms with Crippen LogP contribution in [0.2, 0.25) is 0 Å². The molecule has 1 saturated carbocycles. The molecular formula is C25H22N2O5. The van der Waals surface area contributed by atoms with Gasteiger partial charge in [0.05, 0.1) is 42.0 Å². The topological polar surface area (TPSA) is 84.0 Å². The smallest absolute Gasteiger partial charge is 0.241 e. The molecule has 3 saturated heterocycles. The van der Waals surface area contributed by atoms with Crippen molar-refractivity contribution in [2.24, 2.45) is 35.5 Å². The van der Waals surface area contributed by atoms with Crippen molar-refractivity contribution in [1.29, 1.82) is 0 Å². The summed E-state index contributed by atoms with van der Waals surface area (Å²) >= 11 is 0. The number of imide groups is 2. The molecule has 6 aliphatic rings. The zero-order valence-corrected chi connectivity index (χ0v) is 17.5. The van der Waals surface area contributed by atoms with Crippen LogP contribution in [0.4, 0.5) is 5.69 Å². The fourth-order valence-corrected chi connectivity index (χ4v) is 7.00. The lowest BCUT2D eigenvalue weighted by Gasteiger charge is -2.32. The molecule has 0 unspecified atom stereocenters. The minimum atomic E-state index is -1.14. The third kappa shape index (κ3) is 2.05. The second kappa shape index (κ2) is 5.84. The normalized spacial score (nSPS) is 42.7. The minimum absolute atomic E-state index is 0.00791. The van der Waals surface area contributed by atoms with Crippen molar-refractivity contribution in [2.45, 2.75) is 25.0 Å². The van der Waals surface area contributed by atoms with Crippen molar-refractivity contribution in [3.63, 3.8) is 0 Å². The fourth-order valence-electron chi connectivity index (χ4n) is 7.00. The van der Waals surface area contributed by atoms with E-state index in [9.17, 15) is 19.2 Å². The highest BCUT2D eigenvalue weighted by molar-refractivity contribution is 6.23. The lowest BCUT2D eigenvalue weighted by atomic mass is 9.76. The van der Waals surface area contributed by atoms with E-state index in [0.717, 1.165) is 12.0 Å². The number of fused-ring (bicyclic) bond motifs is 10. The van der Waals surface area contributed by atoms with E-state index in [-0.39, 0.29) is 53.8 Å². The van der Waals surface area contributed by atoms with Gasteiger partial charge in [-0.3, -0.25) is 24.1 Å². The Kier molecular flexibility index (Phi) is 3.38. The van der Waals surface area contributed by atoms with Crippen LogP contribution in [0.5, 0.6) is 0 Å². The molecule has 0 aromatic heterocycles. The average molecular weight is 430 g/mol. The molecule has 7 heteroatoms. The summed E-state index contributed by atoms with van der Waals surface area (Å²) in [5.74, 6) is -2.63. The molecule has 1 aromatic carbocycles. The summed E-state index contributed by atoms with van der Waals surface area (Å²) in [6, 6.07) is 7.27. The first-order chi connectivity index (χ1) is 15.4. The molecule has 2 aliphatic carbocycles. The van der Waals surface area contributed by atoms with Gasteiger partial charge in [0, 0.05) is 0 Å². The Balaban J connectivity index is 1.22. The Morgan fingerprint density at radius 3 is 2.19 bits per heavy atom. The van der Waals surface area contributed by atoms with E-state index in [1.54, 1.807) is 18.2 Å². The number of aryl methyl sites for hydroxylation is 1. The number of ether oxygens (including phenoxy) is 1. The van der Waals surface area contributed by atoms with Crippen molar-refractivity contribution in [2.75, 3.05) is 11.4 Å². The monoisotopic (exact) mass is 430 g/mol. The van der Waals surface area contributed by atoms with Gasteiger partial charge >= 0.3 is 0 Å². The van der Waals surface area contributed by atoms with Crippen LogP contribution >= 0.6 is 0 Å². The van der Waals surface area contributed by atoms with E-state index in [1.165, 1.54) is 9.80 Å². The van der Waals surface area contributed by atoms with E-state index in [2.05, 4.69) is 12.2 Å². The summed E-state index contributed by atoms with van der Waals surface area (Å²) < 4.78 is 6.18. The summed E-state index contributed by atoms with van der Waals surface area (Å²) in [6.07, 6.45) is 8.08. The van der Waals surface area contributed by atoms with Crippen LogP contribution in [-0.2, 0) is 23.9 Å². The Hall–Kier alpha value is -3.06. The van der Waals surface area contributed by atoms with Gasteiger partial charge in [-0.1, -0.05) is 42.0 Å². The second-order valence-electron chi connectivity index (χ2n) is 10.0. The summed E-state index contributed by atoms with van der Waals surface area (Å²) in [4.78, 5) is 55.8. The minimum Gasteiger partial charge on any atom is -0.360 e. The van der Waals surface area contributed by atoms with Crippen LogP contribution < -0.4 is 4.90 Å². The predicted octanol–water partition coefficient (Wildman–Crippen LogP) is 1.62. The first kappa shape index (κ1) is 18.5. The zero-order valence-electron chi connectivity index (χ0n) is 17.5. The van der Waals surface area contributed by atoms with Crippen LogP contribution in [0.1, 0.15) is 12.0 Å². The highest BCUT2D eigenvalue weighted by atomic mass is 16.5. The molecule has 0 radical (unpaired) electrons. The van der Waals surface area contributed by atoms with Gasteiger partial charge in [-0.2, -0.15) is 0 Å². The number of hydrogen-bond acceptors (Lipinski definition) is 5. The Bertz CT molecular complexity index is 1140. The molecule has 4 aliphatic heterocycles. The van der Waals surface area contributed by atoms with E-state index in [0.29, 0.717) is 5.69 Å². The maximum atomic E-state index is 13.5. The molecule has 1 aromatic rings. The van der Waals surface area contributed by atoms with Gasteiger partial charge in [0.15, 0.2) is 0 Å². The number of anilines is 1. The maximum Gasteiger partial charge on any atom is 0.241 e. The third-order valence-electron chi connectivity index (χ3n) is 8.41.